The van der Waals surface area contributed by atoms with Crippen LogP contribution in [0.25, 0.3) is 10.9 Å². The molecule has 0 bridgehead atoms. The molecule has 0 amide bonds. The Bertz CT molecular complexity index is 1200. The van der Waals surface area contributed by atoms with E-state index in [-0.39, 0.29) is 6.61 Å². The number of carbonyl (C=O) groups is 1. The first-order chi connectivity index (χ1) is 17.6. The van der Waals surface area contributed by atoms with Crippen LogP contribution in [0.15, 0.2) is 42.6 Å². The molecule has 6 nitrogen and oxygen atoms in total. The number of fused-ring (bicyclic) bond motifs is 3. The maximum atomic E-state index is 10.6. The van der Waals surface area contributed by atoms with Crippen LogP contribution in [0.2, 0.25) is 0 Å². The fourth-order valence-corrected chi connectivity index (χ4v) is 5.94. The highest BCUT2D eigenvalue weighted by atomic mass is 16.5. The summed E-state index contributed by atoms with van der Waals surface area (Å²) in [4.78, 5) is 18.0. The van der Waals surface area contributed by atoms with Crippen LogP contribution in [0.5, 0.6) is 5.75 Å². The molecule has 0 saturated carbocycles. The normalized spacial score (nSPS) is 18.7. The Balaban J connectivity index is 1.17. The van der Waals surface area contributed by atoms with Crippen molar-refractivity contribution in [3.05, 3.63) is 64.8 Å². The summed E-state index contributed by atoms with van der Waals surface area (Å²) in [5.74, 6) is 1.31. The SMILES string of the molecule is CNc1cc(CNC2CCN(CC3CCCc4cnc5ccc(C)cc5c43)CC2)ccc1OCC=O. The lowest BCUT2D eigenvalue weighted by Gasteiger charge is -2.36. The fourth-order valence-electron chi connectivity index (χ4n) is 5.94. The largest absolute Gasteiger partial charge is 0.484 e. The average molecular weight is 487 g/mol. The van der Waals surface area contributed by atoms with Crippen LogP contribution < -0.4 is 15.4 Å². The van der Waals surface area contributed by atoms with E-state index < -0.39 is 0 Å². The third-order valence-corrected chi connectivity index (χ3v) is 7.84. The Labute approximate surface area is 214 Å². The summed E-state index contributed by atoms with van der Waals surface area (Å²) < 4.78 is 5.49. The Kier molecular flexibility index (Phi) is 7.83. The maximum absolute atomic E-state index is 10.6. The third kappa shape index (κ3) is 5.55. The van der Waals surface area contributed by atoms with Gasteiger partial charge in [-0.15, -0.1) is 0 Å². The van der Waals surface area contributed by atoms with Gasteiger partial charge in [0.1, 0.15) is 12.4 Å². The van der Waals surface area contributed by atoms with Crippen LogP contribution >= 0.6 is 0 Å². The average Bonchev–Trinajstić information content (AvgIpc) is 2.91. The molecule has 1 aliphatic heterocycles. The number of piperidine rings is 1. The van der Waals surface area contributed by atoms with Crippen LogP contribution in [0.3, 0.4) is 0 Å². The molecule has 0 radical (unpaired) electrons. The molecule has 2 heterocycles. The summed E-state index contributed by atoms with van der Waals surface area (Å²) >= 11 is 0. The first-order valence-electron chi connectivity index (χ1n) is 13.4. The zero-order chi connectivity index (χ0) is 24.9. The molecule has 5 rings (SSSR count). The summed E-state index contributed by atoms with van der Waals surface area (Å²) in [6.45, 7) is 6.54. The molecule has 1 fully saturated rings. The second kappa shape index (κ2) is 11.4. The molecule has 1 unspecified atom stereocenters. The van der Waals surface area contributed by atoms with Crippen molar-refractivity contribution in [1.29, 1.82) is 0 Å². The van der Waals surface area contributed by atoms with Gasteiger partial charge in [-0.1, -0.05) is 17.7 Å². The Hall–Kier alpha value is -2.96. The lowest BCUT2D eigenvalue weighted by atomic mass is 9.80. The molecule has 1 atom stereocenters. The Morgan fingerprint density at radius 3 is 2.81 bits per heavy atom. The number of ether oxygens (including phenoxy) is 1. The van der Waals surface area contributed by atoms with Crippen LogP contribution in [0.4, 0.5) is 5.69 Å². The number of benzene rings is 2. The third-order valence-electron chi connectivity index (χ3n) is 7.84. The topological polar surface area (TPSA) is 66.5 Å². The molecule has 36 heavy (non-hydrogen) atoms. The minimum absolute atomic E-state index is 0.0735. The zero-order valence-electron chi connectivity index (χ0n) is 21.6. The van der Waals surface area contributed by atoms with E-state index in [2.05, 4.69) is 59.0 Å². The monoisotopic (exact) mass is 486 g/mol. The van der Waals surface area contributed by atoms with Gasteiger partial charge in [0.25, 0.3) is 0 Å². The first kappa shape index (κ1) is 24.7. The van der Waals surface area contributed by atoms with E-state index in [0.29, 0.717) is 17.7 Å². The number of nitrogens with one attached hydrogen (secondary N) is 2. The van der Waals surface area contributed by atoms with E-state index in [1.807, 2.05) is 13.1 Å². The van der Waals surface area contributed by atoms with Gasteiger partial charge in [0.05, 0.1) is 11.2 Å². The van der Waals surface area contributed by atoms with Crippen molar-refractivity contribution in [2.45, 2.75) is 57.5 Å². The highest BCUT2D eigenvalue weighted by molar-refractivity contribution is 5.84. The number of aldehydes is 1. The van der Waals surface area contributed by atoms with Crippen LogP contribution in [0, 0.1) is 6.92 Å². The van der Waals surface area contributed by atoms with Gasteiger partial charge >= 0.3 is 0 Å². The summed E-state index contributed by atoms with van der Waals surface area (Å²) in [6, 6.07) is 13.4. The molecule has 0 spiro atoms. The standard InChI is InChI=1S/C30H38N4O2/c1-21-6-8-27-26(16-21)30-23(19-33-27)4-3-5-24(30)20-34-12-10-25(11-13-34)32-18-22-7-9-29(36-15-14-35)28(17-22)31-2/h6-9,14,16-17,19,24-25,31-32H,3-5,10-13,15,18,20H2,1-2H3. The van der Waals surface area contributed by atoms with Gasteiger partial charge in [-0.2, -0.15) is 0 Å². The van der Waals surface area contributed by atoms with E-state index in [0.717, 1.165) is 50.1 Å². The predicted molar refractivity (Wildman–Crippen MR) is 146 cm³/mol. The Morgan fingerprint density at radius 1 is 1.14 bits per heavy atom. The number of nitrogens with zero attached hydrogens (tertiary/aromatic N) is 2. The number of hydrogen-bond donors (Lipinski definition) is 2. The summed E-state index contributed by atoms with van der Waals surface area (Å²) in [5.41, 5.74) is 7.62. The minimum Gasteiger partial charge on any atom is -0.484 e. The van der Waals surface area contributed by atoms with Crippen LogP contribution in [0.1, 0.15) is 53.9 Å². The van der Waals surface area contributed by atoms with Gasteiger partial charge in [-0.3, -0.25) is 9.78 Å². The number of pyridine rings is 1. The van der Waals surface area contributed by atoms with Crippen molar-refractivity contribution in [1.82, 2.24) is 15.2 Å². The van der Waals surface area contributed by atoms with E-state index in [1.54, 1.807) is 5.56 Å². The summed E-state index contributed by atoms with van der Waals surface area (Å²) in [6.07, 6.45) is 8.96. The predicted octanol–water partition coefficient (Wildman–Crippen LogP) is 4.84. The molecule has 1 aliphatic carbocycles. The van der Waals surface area contributed by atoms with E-state index in [4.69, 9.17) is 9.72 Å². The van der Waals surface area contributed by atoms with Crippen LogP contribution in [-0.4, -0.2) is 55.5 Å². The van der Waals surface area contributed by atoms with Gasteiger partial charge in [0, 0.05) is 37.8 Å². The number of rotatable bonds is 9. The molecule has 2 aliphatic rings. The number of carbonyl (C=O) groups excluding carboxylic acids is 1. The first-order valence-corrected chi connectivity index (χ1v) is 13.4. The molecular formula is C30H38N4O2. The molecule has 190 valence electrons. The van der Waals surface area contributed by atoms with E-state index in [9.17, 15) is 4.79 Å². The van der Waals surface area contributed by atoms with Crippen LogP contribution in [-0.2, 0) is 17.8 Å². The van der Waals surface area contributed by atoms with Crippen molar-refractivity contribution < 1.29 is 9.53 Å². The van der Waals surface area contributed by atoms with Crippen molar-refractivity contribution in [2.75, 3.05) is 38.6 Å². The second-order valence-corrected chi connectivity index (χ2v) is 10.3. The Morgan fingerprint density at radius 2 is 2.00 bits per heavy atom. The summed E-state index contributed by atoms with van der Waals surface area (Å²) in [5, 5.41) is 8.30. The van der Waals surface area contributed by atoms with Gasteiger partial charge in [-0.25, -0.2) is 0 Å². The fraction of sp³-hybridized carbons (Fsp3) is 0.467. The van der Waals surface area contributed by atoms with E-state index >= 15 is 0 Å². The number of anilines is 1. The van der Waals surface area contributed by atoms with Gasteiger partial charge in [0.15, 0.2) is 6.29 Å². The number of aromatic nitrogens is 1. The number of likely N-dealkylation sites (tertiary alicyclic amines) is 1. The molecular weight excluding hydrogens is 448 g/mol. The smallest absolute Gasteiger partial charge is 0.157 e. The van der Waals surface area contributed by atoms with Gasteiger partial charge in [0.2, 0.25) is 0 Å². The molecule has 6 heteroatoms. The number of hydrogen-bond acceptors (Lipinski definition) is 6. The molecule has 1 saturated heterocycles. The highest BCUT2D eigenvalue weighted by Gasteiger charge is 2.27. The van der Waals surface area contributed by atoms with Crippen molar-refractivity contribution in [2.24, 2.45) is 0 Å². The molecule has 1 aromatic heterocycles. The minimum atomic E-state index is 0.0735. The second-order valence-electron chi connectivity index (χ2n) is 10.3. The molecule has 2 aromatic carbocycles. The number of aryl methyl sites for hydroxylation is 2. The van der Waals surface area contributed by atoms with Crippen molar-refractivity contribution in [3.8, 4) is 5.75 Å². The molecule has 3 aromatic rings. The van der Waals surface area contributed by atoms with Crippen molar-refractivity contribution in [3.63, 3.8) is 0 Å². The maximum Gasteiger partial charge on any atom is 0.157 e. The zero-order valence-corrected chi connectivity index (χ0v) is 21.6. The lowest BCUT2D eigenvalue weighted by Crippen LogP contribution is -2.43. The summed E-state index contributed by atoms with van der Waals surface area (Å²) in [7, 11) is 1.88. The lowest BCUT2D eigenvalue weighted by molar-refractivity contribution is -0.109. The van der Waals surface area contributed by atoms with Gasteiger partial charge in [-0.05, 0) is 99.0 Å². The van der Waals surface area contributed by atoms with Crippen molar-refractivity contribution >= 4 is 22.9 Å². The molecule has 2 N–H and O–H groups in total. The van der Waals surface area contributed by atoms with E-state index in [1.165, 1.54) is 47.8 Å². The quantitative estimate of drug-likeness (QED) is 0.422. The highest BCUT2D eigenvalue weighted by Crippen LogP contribution is 2.37. The van der Waals surface area contributed by atoms with Gasteiger partial charge < -0.3 is 20.3 Å².